The van der Waals surface area contributed by atoms with Gasteiger partial charge in [0.1, 0.15) is 0 Å². The van der Waals surface area contributed by atoms with Crippen LogP contribution in [-0.2, 0) is 9.59 Å². The Bertz CT molecular complexity index is 295. The summed E-state index contributed by atoms with van der Waals surface area (Å²) in [6, 6.07) is 0.313. The maximum atomic E-state index is 11.7. The summed E-state index contributed by atoms with van der Waals surface area (Å²) in [5.41, 5.74) is 0. The summed E-state index contributed by atoms with van der Waals surface area (Å²) < 4.78 is 0. The van der Waals surface area contributed by atoms with Gasteiger partial charge in [-0.2, -0.15) is 0 Å². The van der Waals surface area contributed by atoms with Crippen molar-refractivity contribution >= 4 is 11.8 Å². The zero-order chi connectivity index (χ0) is 12.8. The first kappa shape index (κ1) is 13.3. The van der Waals surface area contributed by atoms with Gasteiger partial charge in [-0.15, -0.1) is 0 Å². The highest BCUT2D eigenvalue weighted by Gasteiger charge is 2.22. The highest BCUT2D eigenvalue weighted by Crippen LogP contribution is 2.17. The lowest BCUT2D eigenvalue weighted by Gasteiger charge is -2.13. The van der Waals surface area contributed by atoms with Crippen molar-refractivity contribution in [3.8, 4) is 0 Å². The van der Waals surface area contributed by atoms with E-state index >= 15 is 0 Å². The van der Waals surface area contributed by atoms with E-state index in [4.69, 9.17) is 0 Å². The molecular formula is C13H23N3O2. The van der Waals surface area contributed by atoms with E-state index in [9.17, 15) is 9.59 Å². The first-order chi connectivity index (χ1) is 8.75. The first-order valence-electron chi connectivity index (χ1n) is 7.06. The minimum absolute atomic E-state index is 0.0289. The Morgan fingerprint density at radius 3 is 2.56 bits per heavy atom. The summed E-state index contributed by atoms with van der Waals surface area (Å²) in [5.74, 6) is 0.0859. The fourth-order valence-corrected chi connectivity index (χ4v) is 2.70. The van der Waals surface area contributed by atoms with E-state index in [0.29, 0.717) is 19.0 Å². The lowest BCUT2D eigenvalue weighted by atomic mass is 10.2. The molecule has 102 valence electrons. The van der Waals surface area contributed by atoms with Crippen LogP contribution >= 0.6 is 0 Å². The fraction of sp³-hybridized carbons (Fsp3) is 0.846. The van der Waals surface area contributed by atoms with Crippen molar-refractivity contribution in [3.05, 3.63) is 0 Å². The molecule has 0 aromatic heterocycles. The molecule has 0 spiro atoms. The van der Waals surface area contributed by atoms with Crippen molar-refractivity contribution in [2.75, 3.05) is 13.1 Å². The molecule has 1 atom stereocenters. The molecule has 1 heterocycles. The Balaban J connectivity index is 1.56. The lowest BCUT2D eigenvalue weighted by molar-refractivity contribution is -0.123. The van der Waals surface area contributed by atoms with Crippen molar-refractivity contribution in [3.63, 3.8) is 0 Å². The van der Waals surface area contributed by atoms with Gasteiger partial charge in [-0.3, -0.25) is 9.59 Å². The standard InChI is InChI=1S/C13H23N3O2/c17-12(16-10-4-1-2-5-10)7-9-15-13(18)11-6-3-8-14-11/h10-11,14H,1-9H2,(H,15,18)(H,16,17). The number of nitrogens with one attached hydrogen (secondary N) is 3. The second-order valence-electron chi connectivity index (χ2n) is 5.24. The number of hydrogen-bond acceptors (Lipinski definition) is 3. The summed E-state index contributed by atoms with van der Waals surface area (Å²) in [5, 5.41) is 8.98. The van der Waals surface area contributed by atoms with Crippen LogP contribution in [0.4, 0.5) is 0 Å². The van der Waals surface area contributed by atoms with Gasteiger partial charge in [0.05, 0.1) is 6.04 Å². The van der Waals surface area contributed by atoms with Crippen LogP contribution in [0, 0.1) is 0 Å². The maximum absolute atomic E-state index is 11.7. The molecular weight excluding hydrogens is 230 g/mol. The summed E-state index contributed by atoms with van der Waals surface area (Å²) in [7, 11) is 0. The van der Waals surface area contributed by atoms with Crippen molar-refractivity contribution in [2.24, 2.45) is 0 Å². The third-order valence-electron chi connectivity index (χ3n) is 3.75. The van der Waals surface area contributed by atoms with Crippen molar-refractivity contribution in [1.82, 2.24) is 16.0 Å². The van der Waals surface area contributed by atoms with Crippen molar-refractivity contribution in [2.45, 2.75) is 57.0 Å². The predicted molar refractivity (Wildman–Crippen MR) is 69.1 cm³/mol. The van der Waals surface area contributed by atoms with Gasteiger partial charge in [0.15, 0.2) is 0 Å². The highest BCUT2D eigenvalue weighted by atomic mass is 16.2. The molecule has 5 nitrogen and oxygen atoms in total. The SMILES string of the molecule is O=C(CCNC(=O)C1CCCN1)NC1CCCC1. The quantitative estimate of drug-likeness (QED) is 0.660. The average molecular weight is 253 g/mol. The second-order valence-corrected chi connectivity index (χ2v) is 5.24. The molecule has 18 heavy (non-hydrogen) atoms. The number of amides is 2. The smallest absolute Gasteiger partial charge is 0.237 e. The van der Waals surface area contributed by atoms with Gasteiger partial charge in [-0.25, -0.2) is 0 Å². The van der Waals surface area contributed by atoms with Crippen LogP contribution in [0.5, 0.6) is 0 Å². The Hall–Kier alpha value is -1.10. The second kappa shape index (κ2) is 6.73. The minimum atomic E-state index is -0.0529. The predicted octanol–water partition coefficient (Wildman–Crippen LogP) is 0.303. The average Bonchev–Trinajstić information content (AvgIpc) is 3.00. The minimum Gasteiger partial charge on any atom is -0.354 e. The third kappa shape index (κ3) is 3.98. The molecule has 2 rings (SSSR count). The van der Waals surface area contributed by atoms with Crippen LogP contribution in [-0.4, -0.2) is 37.0 Å². The molecule has 1 saturated heterocycles. The maximum Gasteiger partial charge on any atom is 0.237 e. The molecule has 2 aliphatic rings. The molecule has 0 radical (unpaired) electrons. The molecule has 0 aromatic carbocycles. The zero-order valence-electron chi connectivity index (χ0n) is 10.8. The van der Waals surface area contributed by atoms with E-state index < -0.39 is 0 Å². The molecule has 1 aliphatic carbocycles. The molecule has 5 heteroatoms. The van der Waals surface area contributed by atoms with E-state index in [1.54, 1.807) is 0 Å². The first-order valence-corrected chi connectivity index (χ1v) is 7.06. The number of carbonyl (C=O) groups excluding carboxylic acids is 2. The molecule has 0 aromatic rings. The van der Waals surface area contributed by atoms with Crippen LogP contribution in [0.2, 0.25) is 0 Å². The molecule has 0 bridgehead atoms. The van der Waals surface area contributed by atoms with Gasteiger partial charge < -0.3 is 16.0 Å². The Morgan fingerprint density at radius 2 is 1.89 bits per heavy atom. The Labute approximate surface area is 108 Å². The summed E-state index contributed by atoms with van der Waals surface area (Å²) >= 11 is 0. The number of rotatable bonds is 5. The summed E-state index contributed by atoms with van der Waals surface area (Å²) in [6.45, 7) is 1.36. The van der Waals surface area contributed by atoms with E-state index in [-0.39, 0.29) is 17.9 Å². The van der Waals surface area contributed by atoms with E-state index in [0.717, 1.165) is 32.2 Å². The normalized spacial score (nSPS) is 24.1. The van der Waals surface area contributed by atoms with Crippen LogP contribution in [0.15, 0.2) is 0 Å². The van der Waals surface area contributed by atoms with Gasteiger partial charge in [0.2, 0.25) is 11.8 Å². The van der Waals surface area contributed by atoms with Crippen LogP contribution in [0.3, 0.4) is 0 Å². The zero-order valence-corrected chi connectivity index (χ0v) is 10.8. The lowest BCUT2D eigenvalue weighted by Crippen LogP contribution is -2.42. The van der Waals surface area contributed by atoms with Crippen LogP contribution in [0.1, 0.15) is 44.9 Å². The number of hydrogen-bond donors (Lipinski definition) is 3. The van der Waals surface area contributed by atoms with Gasteiger partial charge >= 0.3 is 0 Å². The fourth-order valence-electron chi connectivity index (χ4n) is 2.70. The van der Waals surface area contributed by atoms with Gasteiger partial charge in [-0.05, 0) is 32.2 Å². The topological polar surface area (TPSA) is 70.2 Å². The van der Waals surface area contributed by atoms with E-state index in [2.05, 4.69) is 16.0 Å². The molecule has 2 amide bonds. The van der Waals surface area contributed by atoms with Crippen LogP contribution in [0.25, 0.3) is 0 Å². The molecule has 1 unspecified atom stereocenters. The Morgan fingerprint density at radius 1 is 1.11 bits per heavy atom. The van der Waals surface area contributed by atoms with Crippen LogP contribution < -0.4 is 16.0 Å². The summed E-state index contributed by atoms with van der Waals surface area (Å²) in [4.78, 5) is 23.3. The Kier molecular flexibility index (Phi) is 4.99. The van der Waals surface area contributed by atoms with Gasteiger partial charge in [0, 0.05) is 19.0 Å². The van der Waals surface area contributed by atoms with E-state index in [1.165, 1.54) is 12.8 Å². The van der Waals surface area contributed by atoms with E-state index in [1.807, 2.05) is 0 Å². The van der Waals surface area contributed by atoms with Gasteiger partial charge in [0.25, 0.3) is 0 Å². The van der Waals surface area contributed by atoms with Crippen molar-refractivity contribution < 1.29 is 9.59 Å². The molecule has 2 fully saturated rings. The third-order valence-corrected chi connectivity index (χ3v) is 3.75. The number of carbonyl (C=O) groups is 2. The highest BCUT2D eigenvalue weighted by molar-refractivity contribution is 5.83. The monoisotopic (exact) mass is 253 g/mol. The van der Waals surface area contributed by atoms with Gasteiger partial charge in [-0.1, -0.05) is 12.8 Å². The summed E-state index contributed by atoms with van der Waals surface area (Å²) in [6.07, 6.45) is 6.98. The molecule has 1 saturated carbocycles. The molecule has 1 aliphatic heterocycles. The largest absolute Gasteiger partial charge is 0.354 e. The van der Waals surface area contributed by atoms with Crippen molar-refractivity contribution in [1.29, 1.82) is 0 Å². The molecule has 3 N–H and O–H groups in total.